The number of nitrogens with zero attached hydrogens (tertiary/aromatic N) is 2. The third-order valence-corrected chi connectivity index (χ3v) is 2.19. The van der Waals surface area contributed by atoms with Crippen molar-refractivity contribution in [3.05, 3.63) is 17.0 Å². The van der Waals surface area contributed by atoms with Gasteiger partial charge in [-0.1, -0.05) is 0 Å². The number of aromatic nitrogens is 2. The second kappa shape index (κ2) is 3.25. The highest BCUT2D eigenvalue weighted by atomic mass is 15.3. The van der Waals surface area contributed by atoms with Crippen molar-refractivity contribution >= 4 is 0 Å². The zero-order chi connectivity index (χ0) is 9.30. The first-order valence-electron chi connectivity index (χ1n) is 4.03. The van der Waals surface area contributed by atoms with Crippen LogP contribution in [-0.4, -0.2) is 16.3 Å². The van der Waals surface area contributed by atoms with Crippen LogP contribution < -0.4 is 11.5 Å². The minimum atomic E-state index is -0.0845. The molecule has 0 bridgehead atoms. The van der Waals surface area contributed by atoms with Gasteiger partial charge in [0.2, 0.25) is 0 Å². The van der Waals surface area contributed by atoms with E-state index in [0.717, 1.165) is 17.0 Å². The lowest BCUT2D eigenvalue weighted by atomic mass is 10.1. The van der Waals surface area contributed by atoms with Crippen LogP contribution in [-0.2, 0) is 7.05 Å². The topological polar surface area (TPSA) is 69.9 Å². The van der Waals surface area contributed by atoms with Crippen molar-refractivity contribution in [1.29, 1.82) is 0 Å². The summed E-state index contributed by atoms with van der Waals surface area (Å²) >= 11 is 0. The highest BCUT2D eigenvalue weighted by Gasteiger charge is 2.14. The maximum atomic E-state index is 5.83. The van der Waals surface area contributed by atoms with Gasteiger partial charge >= 0.3 is 0 Å². The van der Waals surface area contributed by atoms with Crippen LogP contribution in [0.2, 0.25) is 0 Å². The number of hydrogen-bond donors (Lipinski definition) is 2. The van der Waals surface area contributed by atoms with Gasteiger partial charge in [0.05, 0.1) is 5.69 Å². The molecule has 4 nitrogen and oxygen atoms in total. The second-order valence-electron chi connectivity index (χ2n) is 3.05. The molecule has 1 unspecified atom stereocenters. The van der Waals surface area contributed by atoms with E-state index in [4.69, 9.17) is 11.5 Å². The Morgan fingerprint density at radius 3 is 2.42 bits per heavy atom. The Hall–Kier alpha value is -0.870. The highest BCUT2D eigenvalue weighted by Crippen LogP contribution is 2.17. The average Bonchev–Trinajstić information content (AvgIpc) is 2.26. The van der Waals surface area contributed by atoms with Crippen molar-refractivity contribution in [3.63, 3.8) is 0 Å². The van der Waals surface area contributed by atoms with Gasteiger partial charge in [0, 0.05) is 30.9 Å². The van der Waals surface area contributed by atoms with Gasteiger partial charge in [0.15, 0.2) is 0 Å². The molecule has 1 rings (SSSR count). The molecular weight excluding hydrogens is 152 g/mol. The second-order valence-corrected chi connectivity index (χ2v) is 3.05. The first-order valence-corrected chi connectivity index (χ1v) is 4.03. The molecule has 0 fully saturated rings. The molecule has 0 spiro atoms. The van der Waals surface area contributed by atoms with E-state index >= 15 is 0 Å². The zero-order valence-corrected chi connectivity index (χ0v) is 7.83. The average molecular weight is 168 g/mol. The highest BCUT2D eigenvalue weighted by molar-refractivity contribution is 5.27. The lowest BCUT2D eigenvalue weighted by molar-refractivity contribution is 0.710. The molecule has 0 aliphatic heterocycles. The summed E-state index contributed by atoms with van der Waals surface area (Å²) in [6.45, 7) is 4.43. The van der Waals surface area contributed by atoms with Crippen LogP contribution in [0.5, 0.6) is 0 Å². The number of nitrogens with two attached hydrogens (primary N) is 2. The van der Waals surface area contributed by atoms with Gasteiger partial charge in [-0.25, -0.2) is 0 Å². The van der Waals surface area contributed by atoms with Crippen LogP contribution in [0.1, 0.15) is 23.0 Å². The summed E-state index contributed by atoms with van der Waals surface area (Å²) in [5, 5.41) is 4.26. The van der Waals surface area contributed by atoms with Crippen LogP contribution in [0.3, 0.4) is 0 Å². The van der Waals surface area contributed by atoms with Crippen LogP contribution in [0.15, 0.2) is 0 Å². The quantitative estimate of drug-likeness (QED) is 0.652. The van der Waals surface area contributed by atoms with E-state index in [0.29, 0.717) is 6.54 Å². The van der Waals surface area contributed by atoms with E-state index in [9.17, 15) is 0 Å². The molecule has 0 aliphatic rings. The van der Waals surface area contributed by atoms with Gasteiger partial charge in [-0.05, 0) is 13.8 Å². The fourth-order valence-electron chi connectivity index (χ4n) is 1.44. The molecule has 4 heteroatoms. The molecule has 0 aliphatic carbocycles. The summed E-state index contributed by atoms with van der Waals surface area (Å²) in [4.78, 5) is 0. The summed E-state index contributed by atoms with van der Waals surface area (Å²) in [5.41, 5.74) is 14.5. The smallest absolute Gasteiger partial charge is 0.0644 e. The fraction of sp³-hybridized carbons (Fsp3) is 0.625. The normalized spacial score (nSPS) is 13.4. The molecule has 0 saturated carbocycles. The largest absolute Gasteiger partial charge is 0.329 e. The predicted octanol–water partition coefficient (Wildman–Crippen LogP) is -0.00456. The van der Waals surface area contributed by atoms with E-state index in [1.165, 1.54) is 0 Å². The van der Waals surface area contributed by atoms with E-state index in [-0.39, 0.29) is 6.04 Å². The summed E-state index contributed by atoms with van der Waals surface area (Å²) in [6, 6.07) is -0.0845. The molecule has 0 saturated heterocycles. The van der Waals surface area contributed by atoms with E-state index in [1.54, 1.807) is 0 Å². The molecule has 12 heavy (non-hydrogen) atoms. The molecule has 4 N–H and O–H groups in total. The van der Waals surface area contributed by atoms with Crippen molar-refractivity contribution in [2.24, 2.45) is 18.5 Å². The lowest BCUT2D eigenvalue weighted by Crippen LogP contribution is -2.22. The van der Waals surface area contributed by atoms with Crippen LogP contribution in [0.25, 0.3) is 0 Å². The Kier molecular flexibility index (Phi) is 2.49. The summed E-state index contributed by atoms with van der Waals surface area (Å²) < 4.78 is 1.83. The van der Waals surface area contributed by atoms with Crippen LogP contribution in [0, 0.1) is 13.8 Å². The number of hydrogen-bond acceptors (Lipinski definition) is 3. The maximum Gasteiger partial charge on any atom is 0.0644 e. The van der Waals surface area contributed by atoms with Crippen molar-refractivity contribution in [2.45, 2.75) is 19.9 Å². The fourth-order valence-corrected chi connectivity index (χ4v) is 1.44. The maximum absolute atomic E-state index is 5.83. The van der Waals surface area contributed by atoms with E-state index in [2.05, 4.69) is 5.10 Å². The number of aryl methyl sites for hydroxylation is 2. The minimum absolute atomic E-state index is 0.0845. The van der Waals surface area contributed by atoms with Gasteiger partial charge < -0.3 is 11.5 Å². The summed E-state index contributed by atoms with van der Waals surface area (Å²) in [6.07, 6.45) is 0. The van der Waals surface area contributed by atoms with E-state index in [1.807, 2.05) is 25.6 Å². The lowest BCUT2D eigenvalue weighted by Gasteiger charge is -2.08. The predicted molar refractivity (Wildman–Crippen MR) is 48.7 cm³/mol. The van der Waals surface area contributed by atoms with Gasteiger partial charge in [-0.2, -0.15) is 5.10 Å². The van der Waals surface area contributed by atoms with Gasteiger partial charge in [0.1, 0.15) is 0 Å². The SMILES string of the molecule is Cc1nn(C)c(C)c1C(N)CN. The van der Waals surface area contributed by atoms with Crippen LogP contribution in [0.4, 0.5) is 0 Å². The summed E-state index contributed by atoms with van der Waals surface area (Å²) in [5.74, 6) is 0. The Morgan fingerprint density at radius 2 is 2.08 bits per heavy atom. The standard InChI is InChI=1S/C8H16N4/c1-5-8(7(10)4-9)6(2)12(3)11-5/h7H,4,9-10H2,1-3H3. The van der Waals surface area contributed by atoms with Gasteiger partial charge in [-0.15, -0.1) is 0 Å². The van der Waals surface area contributed by atoms with E-state index < -0.39 is 0 Å². The molecule has 1 heterocycles. The molecule has 1 atom stereocenters. The third kappa shape index (κ3) is 1.35. The zero-order valence-electron chi connectivity index (χ0n) is 7.83. The first-order chi connectivity index (χ1) is 5.57. The molecule has 0 aromatic carbocycles. The van der Waals surface area contributed by atoms with Crippen molar-refractivity contribution in [3.8, 4) is 0 Å². The Morgan fingerprint density at radius 1 is 1.50 bits per heavy atom. The third-order valence-electron chi connectivity index (χ3n) is 2.19. The Labute approximate surface area is 72.5 Å². The molecule has 0 amide bonds. The Bertz CT molecular complexity index is 277. The van der Waals surface area contributed by atoms with Crippen molar-refractivity contribution in [1.82, 2.24) is 9.78 Å². The molecular formula is C8H16N4. The van der Waals surface area contributed by atoms with Gasteiger partial charge in [-0.3, -0.25) is 4.68 Å². The van der Waals surface area contributed by atoms with Crippen molar-refractivity contribution < 1.29 is 0 Å². The van der Waals surface area contributed by atoms with Crippen LogP contribution >= 0.6 is 0 Å². The Balaban J connectivity index is 3.13. The molecule has 0 radical (unpaired) electrons. The number of rotatable bonds is 2. The molecule has 68 valence electrons. The molecule has 1 aromatic rings. The summed E-state index contributed by atoms with van der Waals surface area (Å²) in [7, 11) is 1.91. The minimum Gasteiger partial charge on any atom is -0.329 e. The van der Waals surface area contributed by atoms with Crippen molar-refractivity contribution in [2.75, 3.05) is 6.54 Å². The molecule has 1 aromatic heterocycles. The van der Waals surface area contributed by atoms with Gasteiger partial charge in [0.25, 0.3) is 0 Å². The first kappa shape index (κ1) is 9.22. The monoisotopic (exact) mass is 168 g/mol.